The van der Waals surface area contributed by atoms with Gasteiger partial charge in [-0.15, -0.1) is 0 Å². The van der Waals surface area contributed by atoms with Gasteiger partial charge in [0.05, 0.1) is 0 Å². The monoisotopic (exact) mass is 341 g/mol. The van der Waals surface area contributed by atoms with Crippen LogP contribution in [0.2, 0.25) is 0 Å². The zero-order chi connectivity index (χ0) is 17.9. The zero-order valence-electron chi connectivity index (χ0n) is 15.1. The van der Waals surface area contributed by atoms with Gasteiger partial charge in [0, 0.05) is 5.56 Å². The van der Waals surface area contributed by atoms with E-state index in [9.17, 15) is 4.79 Å². The van der Waals surface area contributed by atoms with E-state index >= 15 is 0 Å². The molecule has 0 bridgehead atoms. The number of benzene rings is 3. The van der Waals surface area contributed by atoms with Crippen molar-refractivity contribution in [3.8, 4) is 0 Å². The van der Waals surface area contributed by atoms with Crippen LogP contribution in [0.25, 0.3) is 16.3 Å². The number of fused-ring (bicyclic) bond motifs is 1. The second-order valence-electron chi connectivity index (χ2n) is 6.92. The first-order valence-electron chi connectivity index (χ1n) is 9.26. The van der Waals surface area contributed by atoms with Crippen LogP contribution in [0.1, 0.15) is 41.3 Å². The van der Waals surface area contributed by atoms with E-state index in [0.29, 0.717) is 0 Å². The Labute approximate surface area is 154 Å². The van der Waals surface area contributed by atoms with E-state index in [-0.39, 0.29) is 5.78 Å². The van der Waals surface area contributed by atoms with Crippen molar-refractivity contribution >= 4 is 22.1 Å². The van der Waals surface area contributed by atoms with E-state index in [1.54, 1.807) is 6.92 Å². The lowest BCUT2D eigenvalue weighted by Gasteiger charge is -2.21. The van der Waals surface area contributed by atoms with Crippen molar-refractivity contribution in [1.29, 1.82) is 0 Å². The fourth-order valence-electron chi connectivity index (χ4n) is 3.77. The molecule has 0 aromatic heterocycles. The molecule has 1 aliphatic heterocycles. The van der Waals surface area contributed by atoms with Crippen LogP contribution >= 0.6 is 0 Å². The van der Waals surface area contributed by atoms with Crippen LogP contribution in [0, 0.1) is 0 Å². The van der Waals surface area contributed by atoms with Gasteiger partial charge in [-0.3, -0.25) is 4.79 Å². The topological polar surface area (TPSA) is 29.1 Å². The number of hydrogen-bond acceptors (Lipinski definition) is 2. The highest BCUT2D eigenvalue weighted by molar-refractivity contribution is 5.95. The average Bonchev–Trinajstić information content (AvgIpc) is 2.69. The van der Waals surface area contributed by atoms with E-state index in [2.05, 4.69) is 59.9 Å². The van der Waals surface area contributed by atoms with E-state index in [1.807, 2.05) is 12.1 Å². The van der Waals surface area contributed by atoms with E-state index in [1.165, 1.54) is 33.0 Å². The van der Waals surface area contributed by atoms with Crippen LogP contribution in [-0.4, -0.2) is 18.9 Å². The summed E-state index contributed by atoms with van der Waals surface area (Å²) in [5.41, 5.74) is 6.04. The molecule has 3 aromatic rings. The summed E-state index contributed by atoms with van der Waals surface area (Å²) >= 11 is 0. The quantitative estimate of drug-likeness (QED) is 0.661. The summed E-state index contributed by atoms with van der Waals surface area (Å²) < 4.78 is 0. The third-order valence-electron chi connectivity index (χ3n) is 5.18. The molecular formula is C24H23NO. The van der Waals surface area contributed by atoms with Gasteiger partial charge in [-0.05, 0) is 66.4 Å². The predicted molar refractivity (Wildman–Crippen MR) is 109 cm³/mol. The molecule has 1 heterocycles. The zero-order valence-corrected chi connectivity index (χ0v) is 15.1. The summed E-state index contributed by atoms with van der Waals surface area (Å²) in [6.45, 7) is 3.67. The van der Waals surface area contributed by atoms with Gasteiger partial charge >= 0.3 is 0 Å². The highest BCUT2D eigenvalue weighted by atomic mass is 16.1. The van der Waals surface area contributed by atoms with Crippen molar-refractivity contribution in [2.45, 2.75) is 19.8 Å². The number of hydrogen-bond donors (Lipinski definition) is 1. The average molecular weight is 341 g/mol. The fraction of sp³-hybridized carbons (Fsp3) is 0.208. The number of rotatable bonds is 3. The largest absolute Gasteiger partial charge is 0.316 e. The second-order valence-corrected chi connectivity index (χ2v) is 6.92. The Morgan fingerprint density at radius 3 is 2.08 bits per heavy atom. The normalized spacial score (nSPS) is 14.4. The van der Waals surface area contributed by atoms with Crippen LogP contribution in [0.4, 0.5) is 0 Å². The molecule has 1 fully saturated rings. The molecule has 0 unspecified atom stereocenters. The van der Waals surface area contributed by atoms with E-state index < -0.39 is 0 Å². The Balaban J connectivity index is 1.86. The van der Waals surface area contributed by atoms with Crippen molar-refractivity contribution in [3.05, 3.63) is 89.0 Å². The molecule has 3 aromatic carbocycles. The van der Waals surface area contributed by atoms with Gasteiger partial charge in [-0.1, -0.05) is 66.2 Å². The third-order valence-corrected chi connectivity index (χ3v) is 5.18. The Morgan fingerprint density at radius 1 is 0.769 bits per heavy atom. The summed E-state index contributed by atoms with van der Waals surface area (Å²) in [6, 6.07) is 23.3. The number of Topliss-reactive ketones (excluding diaryl/α,β-unsaturated/α-hetero) is 1. The first kappa shape index (κ1) is 16.7. The predicted octanol–water partition coefficient (Wildman–Crippen LogP) is 5.23. The number of carbonyl (C=O) groups excluding carboxylic acids is 1. The molecule has 0 saturated carbocycles. The molecule has 0 aliphatic carbocycles. The first-order chi connectivity index (χ1) is 12.7. The van der Waals surface area contributed by atoms with Gasteiger partial charge in [0.15, 0.2) is 5.78 Å². The summed E-state index contributed by atoms with van der Waals surface area (Å²) in [4.78, 5) is 11.6. The smallest absolute Gasteiger partial charge is 0.159 e. The number of ketones is 1. The molecule has 0 spiro atoms. The molecular weight excluding hydrogens is 318 g/mol. The summed E-state index contributed by atoms with van der Waals surface area (Å²) in [6.07, 6.45) is 2.13. The van der Waals surface area contributed by atoms with Crippen LogP contribution < -0.4 is 5.32 Å². The Morgan fingerprint density at radius 2 is 1.38 bits per heavy atom. The minimum atomic E-state index is 0.110. The maximum absolute atomic E-state index is 11.6. The van der Waals surface area contributed by atoms with Gasteiger partial charge in [-0.25, -0.2) is 0 Å². The van der Waals surface area contributed by atoms with Crippen LogP contribution in [-0.2, 0) is 0 Å². The Bertz CT molecular complexity index is 975. The highest BCUT2D eigenvalue weighted by Gasteiger charge is 2.15. The standard InChI is InChI=1S/C24H23NO/c1-17(26)18-6-9-20(10-7-18)24(21-12-14-25-15-13-21)23-11-8-19-4-2-3-5-22(19)16-23/h2-11,16,25H,12-15H2,1H3. The Kier molecular flexibility index (Phi) is 4.68. The van der Waals surface area contributed by atoms with Crippen molar-refractivity contribution in [3.63, 3.8) is 0 Å². The van der Waals surface area contributed by atoms with Crippen LogP contribution in [0.3, 0.4) is 0 Å². The van der Waals surface area contributed by atoms with Gasteiger partial charge in [0.2, 0.25) is 0 Å². The fourth-order valence-corrected chi connectivity index (χ4v) is 3.77. The molecule has 2 nitrogen and oxygen atoms in total. The van der Waals surface area contributed by atoms with Gasteiger partial charge < -0.3 is 5.32 Å². The maximum atomic E-state index is 11.6. The molecule has 1 N–H and O–H groups in total. The molecule has 0 amide bonds. The second kappa shape index (κ2) is 7.27. The van der Waals surface area contributed by atoms with Crippen LogP contribution in [0.15, 0.2) is 72.3 Å². The third kappa shape index (κ3) is 3.33. The molecule has 1 aliphatic rings. The highest BCUT2D eigenvalue weighted by Crippen LogP contribution is 2.33. The molecule has 26 heavy (non-hydrogen) atoms. The van der Waals surface area contributed by atoms with Crippen molar-refractivity contribution in [2.75, 3.05) is 13.1 Å². The molecule has 0 atom stereocenters. The Hall–Kier alpha value is -2.71. The van der Waals surface area contributed by atoms with Crippen LogP contribution in [0.5, 0.6) is 0 Å². The first-order valence-corrected chi connectivity index (χ1v) is 9.26. The molecule has 2 heteroatoms. The molecule has 130 valence electrons. The number of carbonyl (C=O) groups is 1. The number of piperidine rings is 1. The van der Waals surface area contributed by atoms with Crippen molar-refractivity contribution < 1.29 is 4.79 Å². The maximum Gasteiger partial charge on any atom is 0.159 e. The van der Waals surface area contributed by atoms with E-state index in [4.69, 9.17) is 0 Å². The lowest BCUT2D eigenvalue weighted by atomic mass is 9.87. The molecule has 0 radical (unpaired) electrons. The minimum Gasteiger partial charge on any atom is -0.316 e. The van der Waals surface area contributed by atoms with Gasteiger partial charge in [0.1, 0.15) is 0 Å². The van der Waals surface area contributed by atoms with Gasteiger partial charge in [-0.2, -0.15) is 0 Å². The van der Waals surface area contributed by atoms with Crippen molar-refractivity contribution in [2.24, 2.45) is 0 Å². The lowest BCUT2D eigenvalue weighted by molar-refractivity contribution is 0.101. The SMILES string of the molecule is CC(=O)c1ccc(C(=C2CCNCC2)c2ccc3ccccc3c2)cc1. The summed E-state index contributed by atoms with van der Waals surface area (Å²) in [5, 5.41) is 5.97. The van der Waals surface area contributed by atoms with Crippen molar-refractivity contribution in [1.82, 2.24) is 5.32 Å². The number of nitrogens with one attached hydrogen (secondary N) is 1. The summed E-state index contributed by atoms with van der Waals surface area (Å²) in [7, 11) is 0. The minimum absolute atomic E-state index is 0.110. The van der Waals surface area contributed by atoms with E-state index in [0.717, 1.165) is 31.5 Å². The van der Waals surface area contributed by atoms with Gasteiger partial charge in [0.25, 0.3) is 0 Å². The lowest BCUT2D eigenvalue weighted by Crippen LogP contribution is -2.23. The summed E-state index contributed by atoms with van der Waals surface area (Å²) in [5.74, 6) is 0.110. The molecule has 1 saturated heterocycles. The molecule has 4 rings (SSSR count).